The molecule has 1 aromatic rings. The third kappa shape index (κ3) is 2.27. The molecule has 0 aromatic carbocycles. The number of ether oxygens (including phenoxy) is 1. The van der Waals surface area contributed by atoms with Gasteiger partial charge in [0, 0.05) is 24.1 Å². The van der Waals surface area contributed by atoms with Gasteiger partial charge in [-0.3, -0.25) is 0 Å². The Morgan fingerprint density at radius 2 is 2.17 bits per heavy atom. The molecular weight excluding hydrogens is 152 g/mol. The molecule has 1 heterocycles. The molecule has 0 radical (unpaired) electrons. The first kappa shape index (κ1) is 9.13. The smallest absolute Gasteiger partial charge is 0.125 e. The molecule has 0 spiro atoms. The normalized spacial score (nSPS) is 10.2. The third-order valence-corrected chi connectivity index (χ3v) is 1.66. The van der Waals surface area contributed by atoms with E-state index >= 15 is 0 Å². The van der Waals surface area contributed by atoms with Gasteiger partial charge in [0.05, 0.1) is 6.61 Å². The second kappa shape index (κ2) is 4.16. The van der Waals surface area contributed by atoms with E-state index in [2.05, 4.69) is 9.97 Å². The van der Waals surface area contributed by atoms with Gasteiger partial charge in [0.2, 0.25) is 0 Å². The third-order valence-electron chi connectivity index (χ3n) is 1.66. The molecule has 0 bridgehead atoms. The highest BCUT2D eigenvalue weighted by Crippen LogP contribution is 2.04. The van der Waals surface area contributed by atoms with E-state index in [1.165, 1.54) is 0 Å². The van der Waals surface area contributed by atoms with Gasteiger partial charge in [-0.25, -0.2) is 9.97 Å². The van der Waals surface area contributed by atoms with Crippen molar-refractivity contribution in [2.45, 2.75) is 27.4 Å². The first-order valence-corrected chi connectivity index (χ1v) is 4.11. The van der Waals surface area contributed by atoms with Gasteiger partial charge in [-0.15, -0.1) is 0 Å². The molecule has 0 atom stereocenters. The molecule has 0 aliphatic rings. The lowest BCUT2D eigenvalue weighted by molar-refractivity contribution is 0.133. The summed E-state index contributed by atoms with van der Waals surface area (Å²) in [5.74, 6) is 0.813. The quantitative estimate of drug-likeness (QED) is 0.684. The molecule has 0 saturated heterocycles. The van der Waals surface area contributed by atoms with Crippen LogP contribution in [0.3, 0.4) is 0 Å². The van der Waals surface area contributed by atoms with Crippen LogP contribution in [0.25, 0.3) is 0 Å². The fourth-order valence-corrected chi connectivity index (χ4v) is 0.962. The minimum atomic E-state index is 0.614. The molecule has 0 unspecified atom stereocenters. The number of nitrogens with zero attached hydrogens (tertiary/aromatic N) is 2. The lowest BCUT2D eigenvalue weighted by Gasteiger charge is -2.04. The Kier molecular flexibility index (Phi) is 3.17. The second-order valence-corrected chi connectivity index (χ2v) is 2.67. The van der Waals surface area contributed by atoms with Crippen LogP contribution in [-0.2, 0) is 11.3 Å². The average molecular weight is 166 g/mol. The Hall–Kier alpha value is -0.960. The molecule has 0 aliphatic carbocycles. The molecule has 12 heavy (non-hydrogen) atoms. The van der Waals surface area contributed by atoms with Crippen molar-refractivity contribution in [3.05, 3.63) is 23.3 Å². The van der Waals surface area contributed by atoms with Gasteiger partial charge in [0.15, 0.2) is 0 Å². The first-order valence-electron chi connectivity index (χ1n) is 4.11. The Morgan fingerprint density at radius 3 is 2.75 bits per heavy atom. The Bertz CT molecular complexity index is 261. The van der Waals surface area contributed by atoms with Gasteiger partial charge in [-0.2, -0.15) is 0 Å². The zero-order chi connectivity index (χ0) is 8.97. The number of hydrogen-bond donors (Lipinski definition) is 0. The van der Waals surface area contributed by atoms with Crippen molar-refractivity contribution < 1.29 is 4.74 Å². The maximum absolute atomic E-state index is 5.26. The van der Waals surface area contributed by atoms with Crippen molar-refractivity contribution >= 4 is 0 Å². The Balaban J connectivity index is 2.72. The summed E-state index contributed by atoms with van der Waals surface area (Å²) in [6.07, 6.45) is 1.83. The maximum Gasteiger partial charge on any atom is 0.125 e. The van der Waals surface area contributed by atoms with Crippen molar-refractivity contribution in [3.8, 4) is 0 Å². The van der Waals surface area contributed by atoms with Crippen molar-refractivity contribution in [2.75, 3.05) is 6.61 Å². The van der Waals surface area contributed by atoms with Crippen molar-refractivity contribution in [1.82, 2.24) is 9.97 Å². The summed E-state index contributed by atoms with van der Waals surface area (Å²) in [5, 5.41) is 0. The molecule has 0 N–H and O–H groups in total. The van der Waals surface area contributed by atoms with Gasteiger partial charge in [0.1, 0.15) is 5.82 Å². The molecule has 66 valence electrons. The summed E-state index contributed by atoms with van der Waals surface area (Å²) in [6.45, 7) is 7.18. The van der Waals surface area contributed by atoms with Crippen molar-refractivity contribution in [2.24, 2.45) is 0 Å². The zero-order valence-corrected chi connectivity index (χ0v) is 7.79. The van der Waals surface area contributed by atoms with E-state index in [1.54, 1.807) is 0 Å². The lowest BCUT2D eigenvalue weighted by Crippen LogP contribution is -2.00. The number of hydrogen-bond acceptors (Lipinski definition) is 3. The SMILES string of the molecule is CCOCc1cnc(C)nc1C. The van der Waals surface area contributed by atoms with Crippen LogP contribution >= 0.6 is 0 Å². The Morgan fingerprint density at radius 1 is 1.42 bits per heavy atom. The molecule has 1 rings (SSSR count). The molecule has 1 aromatic heterocycles. The van der Waals surface area contributed by atoms with Gasteiger partial charge in [0.25, 0.3) is 0 Å². The van der Waals surface area contributed by atoms with Crippen LogP contribution in [0.15, 0.2) is 6.20 Å². The monoisotopic (exact) mass is 166 g/mol. The minimum absolute atomic E-state index is 0.614. The summed E-state index contributed by atoms with van der Waals surface area (Å²) < 4.78 is 5.26. The summed E-state index contributed by atoms with van der Waals surface area (Å²) in [7, 11) is 0. The molecule has 0 amide bonds. The van der Waals surface area contributed by atoms with Gasteiger partial charge in [-0.1, -0.05) is 0 Å². The van der Waals surface area contributed by atoms with Crippen LogP contribution in [-0.4, -0.2) is 16.6 Å². The molecular formula is C9H14N2O. The van der Waals surface area contributed by atoms with Crippen LogP contribution < -0.4 is 0 Å². The van der Waals surface area contributed by atoms with E-state index in [1.807, 2.05) is 27.0 Å². The van der Waals surface area contributed by atoms with E-state index in [0.29, 0.717) is 6.61 Å². The first-order chi connectivity index (χ1) is 5.74. The van der Waals surface area contributed by atoms with Crippen LogP contribution in [0, 0.1) is 13.8 Å². The highest BCUT2D eigenvalue weighted by Gasteiger charge is 1.99. The highest BCUT2D eigenvalue weighted by molar-refractivity contribution is 5.14. The minimum Gasteiger partial charge on any atom is -0.377 e. The average Bonchev–Trinajstić information content (AvgIpc) is 2.03. The molecule has 0 aliphatic heterocycles. The molecule has 0 fully saturated rings. The fourth-order valence-electron chi connectivity index (χ4n) is 0.962. The molecule has 3 heteroatoms. The standard InChI is InChI=1S/C9H14N2O/c1-4-12-6-9-5-10-8(3)11-7(9)2/h5H,4,6H2,1-3H3. The van der Waals surface area contributed by atoms with E-state index in [-0.39, 0.29) is 0 Å². The fraction of sp³-hybridized carbons (Fsp3) is 0.556. The van der Waals surface area contributed by atoms with E-state index in [4.69, 9.17) is 4.74 Å². The largest absolute Gasteiger partial charge is 0.377 e. The lowest BCUT2D eigenvalue weighted by atomic mass is 10.2. The summed E-state index contributed by atoms with van der Waals surface area (Å²) in [4.78, 5) is 8.34. The second-order valence-electron chi connectivity index (χ2n) is 2.67. The summed E-state index contributed by atoms with van der Waals surface area (Å²) >= 11 is 0. The van der Waals surface area contributed by atoms with E-state index in [9.17, 15) is 0 Å². The maximum atomic E-state index is 5.26. The topological polar surface area (TPSA) is 35.0 Å². The van der Waals surface area contributed by atoms with Crippen LogP contribution in [0.2, 0.25) is 0 Å². The van der Waals surface area contributed by atoms with E-state index < -0.39 is 0 Å². The van der Waals surface area contributed by atoms with Gasteiger partial charge < -0.3 is 4.74 Å². The predicted octanol–water partition coefficient (Wildman–Crippen LogP) is 1.63. The van der Waals surface area contributed by atoms with Crippen LogP contribution in [0.4, 0.5) is 0 Å². The summed E-state index contributed by atoms with van der Waals surface area (Å²) in [5.41, 5.74) is 2.08. The molecule has 3 nitrogen and oxygen atoms in total. The van der Waals surface area contributed by atoms with Crippen LogP contribution in [0.5, 0.6) is 0 Å². The predicted molar refractivity (Wildman–Crippen MR) is 46.8 cm³/mol. The highest BCUT2D eigenvalue weighted by atomic mass is 16.5. The molecule has 0 saturated carbocycles. The number of aryl methyl sites for hydroxylation is 2. The summed E-state index contributed by atoms with van der Waals surface area (Å²) in [6, 6.07) is 0. The van der Waals surface area contributed by atoms with Crippen molar-refractivity contribution in [3.63, 3.8) is 0 Å². The number of aromatic nitrogens is 2. The number of rotatable bonds is 3. The van der Waals surface area contributed by atoms with Crippen LogP contribution in [0.1, 0.15) is 24.0 Å². The Labute approximate surface area is 72.8 Å². The van der Waals surface area contributed by atoms with Crippen molar-refractivity contribution in [1.29, 1.82) is 0 Å². The zero-order valence-electron chi connectivity index (χ0n) is 7.79. The van der Waals surface area contributed by atoms with E-state index in [0.717, 1.165) is 23.7 Å². The van der Waals surface area contributed by atoms with Gasteiger partial charge in [-0.05, 0) is 20.8 Å². The van der Waals surface area contributed by atoms with Gasteiger partial charge >= 0.3 is 0 Å².